The van der Waals surface area contributed by atoms with Gasteiger partial charge in [0.25, 0.3) is 5.91 Å². The van der Waals surface area contributed by atoms with E-state index in [1.165, 1.54) is 40.6 Å². The third-order valence-corrected chi connectivity index (χ3v) is 6.82. The van der Waals surface area contributed by atoms with Gasteiger partial charge in [-0.05, 0) is 54.7 Å². The van der Waals surface area contributed by atoms with Crippen molar-refractivity contribution in [2.75, 3.05) is 16.4 Å². The Labute approximate surface area is 170 Å². The molecule has 140 valence electrons. The average Bonchev–Trinajstić information content (AvgIpc) is 3.36. The van der Waals surface area contributed by atoms with Crippen LogP contribution in [0, 0.1) is 0 Å². The van der Waals surface area contributed by atoms with Crippen molar-refractivity contribution in [3.8, 4) is 11.3 Å². The molecule has 0 radical (unpaired) electrons. The molecule has 2 N–H and O–H groups in total. The first-order valence-corrected chi connectivity index (χ1v) is 11.0. The molecule has 7 heteroatoms. The molecule has 2 aromatic carbocycles. The predicted octanol–water partition coefficient (Wildman–Crippen LogP) is 4.60. The number of thioether (sulfide) groups is 1. The summed E-state index contributed by atoms with van der Waals surface area (Å²) in [6, 6.07) is 11.9. The molecule has 0 unspecified atom stereocenters. The molecule has 0 bridgehead atoms. The zero-order valence-corrected chi connectivity index (χ0v) is 16.6. The molecule has 0 spiro atoms. The number of hydrogen-bond donors (Lipinski definition) is 2. The predicted molar refractivity (Wildman–Crippen MR) is 113 cm³/mol. The minimum atomic E-state index is -0.234. The van der Waals surface area contributed by atoms with Gasteiger partial charge in [-0.15, -0.1) is 23.1 Å². The Balaban J connectivity index is 1.34. The van der Waals surface area contributed by atoms with Crippen LogP contribution in [0.1, 0.15) is 27.9 Å². The fraction of sp³-hybridized carbons (Fsp3) is 0.190. The van der Waals surface area contributed by atoms with E-state index in [1.54, 1.807) is 12.1 Å². The Hall–Kier alpha value is -2.64. The minimum Gasteiger partial charge on any atom is -0.324 e. The first-order valence-electron chi connectivity index (χ1n) is 9.11. The minimum absolute atomic E-state index is 0.0473. The molecule has 3 aromatic rings. The lowest BCUT2D eigenvalue weighted by molar-refractivity contribution is -0.113. The van der Waals surface area contributed by atoms with Crippen LogP contribution in [0.4, 0.5) is 10.8 Å². The molecule has 2 amide bonds. The summed E-state index contributed by atoms with van der Waals surface area (Å²) < 4.78 is 0. The zero-order chi connectivity index (χ0) is 19.1. The number of thiazole rings is 1. The summed E-state index contributed by atoms with van der Waals surface area (Å²) in [5.74, 6) is 0.125. The highest BCUT2D eigenvalue weighted by Gasteiger charge is 2.18. The Morgan fingerprint density at radius 3 is 2.93 bits per heavy atom. The van der Waals surface area contributed by atoms with E-state index in [4.69, 9.17) is 0 Å². The molecule has 0 saturated carbocycles. The van der Waals surface area contributed by atoms with Gasteiger partial charge in [-0.3, -0.25) is 14.9 Å². The summed E-state index contributed by atoms with van der Waals surface area (Å²) in [4.78, 5) is 29.7. The number of benzene rings is 2. The average molecular weight is 408 g/mol. The summed E-state index contributed by atoms with van der Waals surface area (Å²) in [7, 11) is 0. The number of anilines is 2. The molecule has 0 atom stereocenters. The standard InChI is InChI=1S/C21H17N3O2S2/c25-19-11-27-18-7-6-15(9-16(18)22-19)20(26)24-21-23-17(10-28-21)14-5-4-12-2-1-3-13(12)8-14/h4-10H,1-3,11H2,(H,22,25)(H,23,24,26). The van der Waals surface area contributed by atoms with Crippen molar-refractivity contribution in [3.05, 3.63) is 58.5 Å². The lowest BCUT2D eigenvalue weighted by atomic mass is 10.1. The van der Waals surface area contributed by atoms with Gasteiger partial charge in [0.1, 0.15) is 0 Å². The maximum Gasteiger partial charge on any atom is 0.257 e. The Morgan fingerprint density at radius 1 is 1.11 bits per heavy atom. The van der Waals surface area contributed by atoms with Crippen molar-refractivity contribution in [2.45, 2.75) is 24.2 Å². The molecular weight excluding hydrogens is 390 g/mol. The fourth-order valence-electron chi connectivity index (χ4n) is 3.59. The van der Waals surface area contributed by atoms with Crippen LogP contribution in [0.15, 0.2) is 46.7 Å². The molecule has 0 saturated heterocycles. The molecule has 5 rings (SSSR count). The van der Waals surface area contributed by atoms with Gasteiger partial charge in [-0.25, -0.2) is 4.98 Å². The summed E-state index contributed by atoms with van der Waals surface area (Å²) >= 11 is 2.89. The molecule has 1 aromatic heterocycles. The number of hydrogen-bond acceptors (Lipinski definition) is 5. The highest BCUT2D eigenvalue weighted by Crippen LogP contribution is 2.33. The Bertz CT molecular complexity index is 1110. The van der Waals surface area contributed by atoms with Crippen LogP contribution in [-0.4, -0.2) is 22.6 Å². The molecule has 0 fully saturated rings. The summed E-state index contributed by atoms with van der Waals surface area (Å²) in [6.07, 6.45) is 3.51. The number of fused-ring (bicyclic) bond motifs is 2. The lowest BCUT2D eigenvalue weighted by Gasteiger charge is -2.16. The van der Waals surface area contributed by atoms with Gasteiger partial charge in [0.05, 0.1) is 17.1 Å². The summed E-state index contributed by atoms with van der Waals surface area (Å²) in [5, 5.41) is 8.21. The third-order valence-electron chi connectivity index (χ3n) is 4.99. The van der Waals surface area contributed by atoms with E-state index in [-0.39, 0.29) is 11.8 Å². The first kappa shape index (κ1) is 17.5. The van der Waals surface area contributed by atoms with Crippen molar-refractivity contribution in [1.29, 1.82) is 0 Å². The van der Waals surface area contributed by atoms with Crippen molar-refractivity contribution >= 4 is 45.7 Å². The monoisotopic (exact) mass is 407 g/mol. The summed E-state index contributed by atoms with van der Waals surface area (Å²) in [6.45, 7) is 0. The van der Waals surface area contributed by atoms with Crippen LogP contribution in [0.25, 0.3) is 11.3 Å². The van der Waals surface area contributed by atoms with Crippen LogP contribution >= 0.6 is 23.1 Å². The van der Waals surface area contributed by atoms with Crippen LogP contribution in [0.5, 0.6) is 0 Å². The van der Waals surface area contributed by atoms with E-state index in [1.807, 2.05) is 11.4 Å². The van der Waals surface area contributed by atoms with Gasteiger partial charge in [-0.1, -0.05) is 12.1 Å². The third kappa shape index (κ3) is 3.31. The van der Waals surface area contributed by atoms with E-state index < -0.39 is 0 Å². The zero-order valence-electron chi connectivity index (χ0n) is 15.0. The molecule has 28 heavy (non-hydrogen) atoms. The van der Waals surface area contributed by atoms with Gasteiger partial charge in [0, 0.05) is 21.4 Å². The number of rotatable bonds is 3. The first-order chi connectivity index (χ1) is 13.7. The van der Waals surface area contributed by atoms with Crippen molar-refractivity contribution in [2.24, 2.45) is 0 Å². The molecule has 1 aliphatic carbocycles. The maximum absolute atomic E-state index is 12.6. The molecule has 1 aliphatic heterocycles. The van der Waals surface area contributed by atoms with Crippen molar-refractivity contribution < 1.29 is 9.59 Å². The molecule has 2 aliphatic rings. The number of nitrogens with zero attached hydrogens (tertiary/aromatic N) is 1. The number of nitrogens with one attached hydrogen (secondary N) is 2. The summed E-state index contributed by atoms with van der Waals surface area (Å²) in [5.41, 5.74) is 5.99. The Morgan fingerprint density at radius 2 is 2.00 bits per heavy atom. The van der Waals surface area contributed by atoms with E-state index in [0.29, 0.717) is 22.1 Å². The van der Waals surface area contributed by atoms with Gasteiger partial charge >= 0.3 is 0 Å². The van der Waals surface area contributed by atoms with Crippen LogP contribution in [-0.2, 0) is 17.6 Å². The van der Waals surface area contributed by atoms with Crippen molar-refractivity contribution in [1.82, 2.24) is 4.98 Å². The highest BCUT2D eigenvalue weighted by molar-refractivity contribution is 8.00. The number of aromatic nitrogens is 1. The number of aryl methyl sites for hydroxylation is 2. The van der Waals surface area contributed by atoms with E-state index in [0.717, 1.165) is 29.0 Å². The van der Waals surface area contributed by atoms with Gasteiger partial charge in [0.2, 0.25) is 5.91 Å². The second-order valence-electron chi connectivity index (χ2n) is 6.88. The van der Waals surface area contributed by atoms with E-state index in [9.17, 15) is 9.59 Å². The number of carbonyl (C=O) groups excluding carboxylic acids is 2. The topological polar surface area (TPSA) is 71.1 Å². The second kappa shape index (κ2) is 7.07. The van der Waals surface area contributed by atoms with Gasteiger partial charge in [-0.2, -0.15) is 0 Å². The number of carbonyl (C=O) groups is 2. The van der Waals surface area contributed by atoms with Crippen LogP contribution in [0.2, 0.25) is 0 Å². The highest BCUT2D eigenvalue weighted by atomic mass is 32.2. The smallest absolute Gasteiger partial charge is 0.257 e. The SMILES string of the molecule is O=C1CSc2ccc(C(=O)Nc3nc(-c4ccc5c(c4)CCC5)cs3)cc2N1. The maximum atomic E-state index is 12.6. The Kier molecular flexibility index (Phi) is 4.41. The second-order valence-corrected chi connectivity index (χ2v) is 8.75. The van der Waals surface area contributed by atoms with E-state index >= 15 is 0 Å². The van der Waals surface area contributed by atoms with Crippen molar-refractivity contribution in [3.63, 3.8) is 0 Å². The van der Waals surface area contributed by atoms with Gasteiger partial charge in [0.15, 0.2) is 5.13 Å². The van der Waals surface area contributed by atoms with Crippen LogP contribution < -0.4 is 10.6 Å². The molecular formula is C21H17N3O2S2. The fourth-order valence-corrected chi connectivity index (χ4v) is 5.09. The van der Waals surface area contributed by atoms with Crippen LogP contribution in [0.3, 0.4) is 0 Å². The largest absolute Gasteiger partial charge is 0.324 e. The quantitative estimate of drug-likeness (QED) is 0.666. The number of amides is 2. The molecule has 2 heterocycles. The van der Waals surface area contributed by atoms with E-state index in [2.05, 4.69) is 33.8 Å². The molecule has 5 nitrogen and oxygen atoms in total. The normalized spacial score (nSPS) is 14.9. The lowest BCUT2D eigenvalue weighted by Crippen LogP contribution is -2.19. The van der Waals surface area contributed by atoms with Gasteiger partial charge < -0.3 is 5.32 Å².